The lowest BCUT2D eigenvalue weighted by Gasteiger charge is -2.17. The van der Waals surface area contributed by atoms with Crippen LogP contribution in [0.25, 0.3) is 38.6 Å². The molecule has 0 amide bonds. The molecule has 0 spiro atoms. The summed E-state index contributed by atoms with van der Waals surface area (Å²) in [7, 11) is 0. The quantitative estimate of drug-likeness (QED) is 0.205. The zero-order valence-corrected chi connectivity index (χ0v) is 18.0. The predicted octanol–water partition coefficient (Wildman–Crippen LogP) is 7.28. The fraction of sp³-hybridized carbons (Fsp3) is 0.107. The molecule has 0 aliphatic heterocycles. The number of nitrogens with zero attached hydrogens (tertiary/aromatic N) is 1. The van der Waals surface area contributed by atoms with Gasteiger partial charge >= 0.3 is 0 Å². The highest BCUT2D eigenvalue weighted by Gasteiger charge is 2.25. The predicted molar refractivity (Wildman–Crippen MR) is 123 cm³/mol. The van der Waals surface area contributed by atoms with Crippen molar-refractivity contribution < 1.29 is 17.7 Å². The summed E-state index contributed by atoms with van der Waals surface area (Å²) in [5.41, 5.74) is 7.19. The minimum Gasteiger partial charge on any atom is -0.207 e. The van der Waals surface area contributed by atoms with Gasteiger partial charge in [0.25, 0.3) is 0 Å². The van der Waals surface area contributed by atoms with Gasteiger partial charge in [-0.15, -0.1) is 0 Å². The van der Waals surface area contributed by atoms with Crippen LogP contribution in [0.4, 0.5) is 13.2 Å². The van der Waals surface area contributed by atoms with Gasteiger partial charge in [0, 0.05) is 29.8 Å². The van der Waals surface area contributed by atoms with Gasteiger partial charge in [0.15, 0.2) is 0 Å². The fourth-order valence-electron chi connectivity index (χ4n) is 4.79. The van der Waals surface area contributed by atoms with Crippen molar-refractivity contribution >= 4 is 21.8 Å². The lowest BCUT2D eigenvalue weighted by molar-refractivity contribution is -0.538. The molecule has 4 heteroatoms. The van der Waals surface area contributed by atoms with E-state index in [1.165, 1.54) is 36.4 Å². The van der Waals surface area contributed by atoms with Gasteiger partial charge in [0.2, 0.25) is 16.7 Å². The first-order chi connectivity index (χ1) is 15.3. The molecule has 0 aliphatic rings. The second-order valence-corrected chi connectivity index (χ2v) is 8.28. The van der Waals surface area contributed by atoms with E-state index in [9.17, 15) is 13.2 Å². The van der Waals surface area contributed by atoms with Crippen molar-refractivity contribution in [1.29, 1.82) is 0 Å². The Bertz CT molecular complexity index is 1430. The molecule has 0 saturated heterocycles. The Labute approximate surface area is 184 Å². The second-order valence-electron chi connectivity index (χ2n) is 8.28. The maximum Gasteiger partial charge on any atom is 0.219 e. The summed E-state index contributed by atoms with van der Waals surface area (Å²) in [6.45, 7) is 6.08. The number of rotatable bonds is 2. The molecule has 32 heavy (non-hydrogen) atoms. The molecular weight excluding hydrogens is 407 g/mol. The highest BCUT2D eigenvalue weighted by Crippen LogP contribution is 2.39. The Morgan fingerprint density at radius 2 is 1.00 bits per heavy atom. The van der Waals surface area contributed by atoms with Gasteiger partial charge in [-0.25, -0.2) is 13.2 Å². The molecule has 1 nitrogen and oxygen atoms in total. The molecule has 0 fully saturated rings. The summed E-state index contributed by atoms with van der Waals surface area (Å²) < 4.78 is 44.6. The number of fused-ring (bicyclic) bond motifs is 2. The van der Waals surface area contributed by atoms with E-state index in [1.807, 2.05) is 25.3 Å². The number of pyridine rings is 1. The zero-order chi connectivity index (χ0) is 22.6. The highest BCUT2D eigenvalue weighted by molar-refractivity contribution is 6.08. The molecule has 0 aliphatic carbocycles. The van der Waals surface area contributed by atoms with Crippen molar-refractivity contribution in [3.63, 3.8) is 0 Å². The Kier molecular flexibility index (Phi) is 4.74. The van der Waals surface area contributed by atoms with Crippen molar-refractivity contribution in [3.8, 4) is 16.8 Å². The van der Waals surface area contributed by atoms with E-state index >= 15 is 0 Å². The molecule has 0 atom stereocenters. The number of halogens is 3. The van der Waals surface area contributed by atoms with E-state index < -0.39 is 0 Å². The van der Waals surface area contributed by atoms with Gasteiger partial charge in [-0.3, -0.25) is 0 Å². The van der Waals surface area contributed by atoms with Gasteiger partial charge < -0.3 is 0 Å². The molecule has 0 unspecified atom stereocenters. The van der Waals surface area contributed by atoms with E-state index in [4.69, 9.17) is 0 Å². The first-order valence-electron chi connectivity index (χ1n) is 10.4. The summed E-state index contributed by atoms with van der Waals surface area (Å²) in [6.07, 6.45) is 0. The number of hydrogen-bond acceptors (Lipinski definition) is 0. The fourth-order valence-corrected chi connectivity index (χ4v) is 4.79. The topological polar surface area (TPSA) is 3.88 Å². The van der Waals surface area contributed by atoms with Gasteiger partial charge in [-0.1, -0.05) is 17.7 Å². The third-order valence-electron chi connectivity index (χ3n) is 5.95. The molecule has 5 aromatic rings. The maximum atomic E-state index is 14.5. The highest BCUT2D eigenvalue weighted by atomic mass is 19.1. The van der Waals surface area contributed by atoms with Crippen LogP contribution in [0, 0.1) is 38.2 Å². The zero-order valence-electron chi connectivity index (χ0n) is 18.0. The molecule has 0 saturated carbocycles. The van der Waals surface area contributed by atoms with Gasteiger partial charge in [0.05, 0.1) is 10.8 Å². The van der Waals surface area contributed by atoms with Crippen molar-refractivity contribution in [2.45, 2.75) is 20.8 Å². The minimum atomic E-state index is -0.373. The van der Waals surface area contributed by atoms with Crippen LogP contribution in [0.1, 0.15) is 16.7 Å². The third kappa shape index (κ3) is 3.23. The van der Waals surface area contributed by atoms with Gasteiger partial charge in [-0.2, -0.15) is 4.57 Å². The second kappa shape index (κ2) is 7.49. The lowest BCUT2D eigenvalue weighted by Crippen LogP contribution is -2.33. The van der Waals surface area contributed by atoms with Crippen molar-refractivity contribution in [2.24, 2.45) is 0 Å². The van der Waals surface area contributed by atoms with E-state index in [1.54, 1.807) is 24.3 Å². The molecule has 0 bridgehead atoms. The normalized spacial score (nSPS) is 11.4. The number of aryl methyl sites for hydroxylation is 3. The molecule has 1 aromatic heterocycles. The van der Waals surface area contributed by atoms with Gasteiger partial charge in [0.1, 0.15) is 17.5 Å². The Balaban J connectivity index is 2.04. The summed E-state index contributed by atoms with van der Waals surface area (Å²) in [5.74, 6) is -1.09. The van der Waals surface area contributed by atoms with Crippen LogP contribution in [0.15, 0.2) is 72.8 Å². The summed E-state index contributed by atoms with van der Waals surface area (Å²) >= 11 is 0. The van der Waals surface area contributed by atoms with Crippen molar-refractivity contribution in [3.05, 3.63) is 107 Å². The average Bonchev–Trinajstić information content (AvgIpc) is 2.74. The lowest BCUT2D eigenvalue weighted by atomic mass is 9.88. The van der Waals surface area contributed by atoms with E-state index in [2.05, 4.69) is 12.1 Å². The van der Waals surface area contributed by atoms with E-state index in [-0.39, 0.29) is 17.5 Å². The SMILES string of the molecule is Cc1cc(C)c(-c2c3cc(F)ccc3[n+](-c3ccc(F)cc3)c3ccc(F)cc23)c(C)c1. The molecule has 5 rings (SSSR count). The van der Waals surface area contributed by atoms with Crippen molar-refractivity contribution in [2.75, 3.05) is 0 Å². The van der Waals surface area contributed by atoms with Crippen LogP contribution in [-0.2, 0) is 0 Å². The summed E-state index contributed by atoms with van der Waals surface area (Å²) in [6, 6.07) is 19.5. The first-order valence-corrected chi connectivity index (χ1v) is 10.4. The van der Waals surface area contributed by atoms with Crippen LogP contribution >= 0.6 is 0 Å². The first kappa shape index (κ1) is 20.3. The van der Waals surface area contributed by atoms with Crippen molar-refractivity contribution in [1.82, 2.24) is 0 Å². The summed E-state index contributed by atoms with van der Waals surface area (Å²) in [5, 5.41) is 1.34. The molecule has 0 radical (unpaired) electrons. The largest absolute Gasteiger partial charge is 0.219 e. The number of aromatic nitrogens is 1. The Morgan fingerprint density at radius 1 is 0.531 bits per heavy atom. The monoisotopic (exact) mass is 428 g/mol. The molecule has 4 aromatic carbocycles. The Morgan fingerprint density at radius 3 is 1.50 bits per heavy atom. The van der Waals surface area contributed by atoms with E-state index in [0.717, 1.165) is 38.9 Å². The smallest absolute Gasteiger partial charge is 0.207 e. The standard InChI is InChI=1S/C28H21F3N/c1-16-12-17(2)27(18(3)13-16)28-23-14-20(30)6-10-25(23)32(22-8-4-19(29)5-9-22)26-11-7-21(31)15-24(26)28/h4-15H,1-3H3/q+1. The van der Waals surface area contributed by atoms with Crippen LogP contribution in [0.2, 0.25) is 0 Å². The molecule has 158 valence electrons. The molecule has 1 heterocycles. The van der Waals surface area contributed by atoms with E-state index in [0.29, 0.717) is 16.5 Å². The number of hydrogen-bond donors (Lipinski definition) is 0. The average molecular weight is 428 g/mol. The molecule has 0 N–H and O–H groups in total. The van der Waals surface area contributed by atoms with Gasteiger partial charge in [-0.05, 0) is 73.9 Å². The summed E-state index contributed by atoms with van der Waals surface area (Å²) in [4.78, 5) is 0. The number of benzene rings is 4. The molecular formula is C28H21F3N+. The van der Waals surface area contributed by atoms with Crippen LogP contribution in [0.5, 0.6) is 0 Å². The van der Waals surface area contributed by atoms with Crippen LogP contribution < -0.4 is 4.57 Å². The van der Waals surface area contributed by atoms with Crippen LogP contribution in [-0.4, -0.2) is 0 Å². The minimum absolute atomic E-state index is 0.345. The maximum absolute atomic E-state index is 14.5. The van der Waals surface area contributed by atoms with Crippen LogP contribution in [0.3, 0.4) is 0 Å². The Hall–Kier alpha value is -3.66. The third-order valence-corrected chi connectivity index (χ3v) is 5.95.